The number of thioether (sulfide) groups is 1. The van der Waals surface area contributed by atoms with Crippen LogP contribution >= 0.6 is 35.7 Å². The first-order valence-electron chi connectivity index (χ1n) is 11.2. The van der Waals surface area contributed by atoms with E-state index in [1.165, 1.54) is 42.4 Å². The fourth-order valence-corrected chi connectivity index (χ4v) is 4.70. The number of benzene rings is 1. The van der Waals surface area contributed by atoms with E-state index >= 15 is 0 Å². The van der Waals surface area contributed by atoms with Crippen molar-refractivity contribution in [3.63, 3.8) is 0 Å². The van der Waals surface area contributed by atoms with E-state index in [-0.39, 0.29) is 24.0 Å². The summed E-state index contributed by atoms with van der Waals surface area (Å²) in [4.78, 5) is 4.77. The van der Waals surface area contributed by atoms with E-state index in [0.29, 0.717) is 12.6 Å². The zero-order valence-corrected chi connectivity index (χ0v) is 22.4. The maximum atomic E-state index is 4.77. The molecule has 0 saturated heterocycles. The number of hydrogen-bond donors (Lipinski definition) is 2. The second-order valence-corrected chi connectivity index (χ2v) is 8.84. The van der Waals surface area contributed by atoms with Gasteiger partial charge in [0.15, 0.2) is 11.1 Å². The second kappa shape index (κ2) is 13.3. The molecular weight excluding hydrogens is 519 g/mol. The Morgan fingerprint density at radius 3 is 2.65 bits per heavy atom. The van der Waals surface area contributed by atoms with Crippen molar-refractivity contribution >= 4 is 41.7 Å². The third kappa shape index (κ3) is 7.37. The summed E-state index contributed by atoms with van der Waals surface area (Å²) < 4.78 is 2.40. The van der Waals surface area contributed by atoms with Crippen molar-refractivity contribution in [3.05, 3.63) is 40.7 Å². The Labute approximate surface area is 208 Å². The van der Waals surface area contributed by atoms with Crippen LogP contribution in [-0.2, 0) is 13.0 Å². The largest absolute Gasteiger partial charge is 0.357 e. The summed E-state index contributed by atoms with van der Waals surface area (Å²) >= 11 is 1.70. The van der Waals surface area contributed by atoms with Crippen LogP contribution in [0.15, 0.2) is 28.3 Å². The topological polar surface area (TPSA) is 67.1 Å². The number of nitrogens with zero attached hydrogens (tertiary/aromatic N) is 4. The minimum atomic E-state index is 0. The smallest absolute Gasteiger partial charge is 0.191 e. The van der Waals surface area contributed by atoms with Gasteiger partial charge in [-0.1, -0.05) is 48.4 Å². The highest BCUT2D eigenvalue weighted by molar-refractivity contribution is 14.0. The highest BCUT2D eigenvalue weighted by atomic mass is 127. The molecule has 0 unspecified atom stereocenters. The Morgan fingerprint density at radius 2 is 1.97 bits per heavy atom. The lowest BCUT2D eigenvalue weighted by Crippen LogP contribution is -2.38. The molecule has 1 aromatic carbocycles. The van der Waals surface area contributed by atoms with Crippen LogP contribution in [0.2, 0.25) is 0 Å². The standard InChI is InChI=1S/C23H36N6S.HI/c1-5-24-22(26-16-19-13-12-17(2)15-18(19)3)25-14-8-11-21-27-28-23(30-4)29(21)20-9-6-7-10-20;/h12-13,15,20H,5-11,14,16H2,1-4H3,(H2,24,25,26);1H. The molecule has 1 fully saturated rings. The fraction of sp³-hybridized carbons (Fsp3) is 0.609. The van der Waals surface area contributed by atoms with Crippen molar-refractivity contribution in [2.45, 2.75) is 77.0 Å². The van der Waals surface area contributed by atoms with Gasteiger partial charge in [-0.05, 0) is 57.4 Å². The van der Waals surface area contributed by atoms with Crippen molar-refractivity contribution in [2.75, 3.05) is 19.3 Å². The molecule has 1 saturated carbocycles. The fourth-order valence-electron chi connectivity index (χ4n) is 4.13. The molecule has 3 rings (SSSR count). The van der Waals surface area contributed by atoms with Gasteiger partial charge in [-0.25, -0.2) is 4.99 Å². The molecular formula is C23H37IN6S. The maximum Gasteiger partial charge on any atom is 0.191 e. The van der Waals surface area contributed by atoms with E-state index in [2.05, 4.69) is 70.6 Å². The van der Waals surface area contributed by atoms with E-state index < -0.39 is 0 Å². The molecule has 0 aliphatic heterocycles. The summed E-state index contributed by atoms with van der Waals surface area (Å²) in [6, 6.07) is 7.13. The first kappa shape index (κ1) is 26.0. The first-order valence-corrected chi connectivity index (χ1v) is 12.4. The van der Waals surface area contributed by atoms with Crippen molar-refractivity contribution in [3.8, 4) is 0 Å². The summed E-state index contributed by atoms with van der Waals surface area (Å²) in [5, 5.41) is 16.8. The van der Waals surface area contributed by atoms with Crippen LogP contribution in [-0.4, -0.2) is 40.1 Å². The molecule has 0 spiro atoms. The minimum Gasteiger partial charge on any atom is -0.357 e. The highest BCUT2D eigenvalue weighted by Crippen LogP contribution is 2.33. The monoisotopic (exact) mass is 556 g/mol. The Kier molecular flexibility index (Phi) is 11.1. The number of rotatable bonds is 9. The summed E-state index contributed by atoms with van der Waals surface area (Å²) in [5.74, 6) is 2.00. The van der Waals surface area contributed by atoms with Gasteiger partial charge in [0.1, 0.15) is 5.82 Å². The zero-order valence-electron chi connectivity index (χ0n) is 19.3. The Hall–Kier alpha value is -1.29. The van der Waals surface area contributed by atoms with Crippen LogP contribution in [0.5, 0.6) is 0 Å². The molecule has 31 heavy (non-hydrogen) atoms. The van der Waals surface area contributed by atoms with Gasteiger partial charge in [0.2, 0.25) is 0 Å². The van der Waals surface area contributed by atoms with E-state index in [1.807, 2.05) is 0 Å². The molecule has 1 aromatic heterocycles. The molecule has 2 aromatic rings. The lowest BCUT2D eigenvalue weighted by molar-refractivity contribution is 0.460. The molecule has 0 atom stereocenters. The van der Waals surface area contributed by atoms with E-state index in [1.54, 1.807) is 11.8 Å². The van der Waals surface area contributed by atoms with Gasteiger partial charge >= 0.3 is 0 Å². The molecule has 0 amide bonds. The zero-order chi connectivity index (χ0) is 21.3. The van der Waals surface area contributed by atoms with Gasteiger partial charge in [-0.3, -0.25) is 0 Å². The van der Waals surface area contributed by atoms with Crippen LogP contribution in [0.4, 0.5) is 0 Å². The molecule has 1 aliphatic carbocycles. The highest BCUT2D eigenvalue weighted by Gasteiger charge is 2.23. The van der Waals surface area contributed by atoms with Crippen molar-refractivity contribution in [1.82, 2.24) is 25.4 Å². The lowest BCUT2D eigenvalue weighted by atomic mass is 10.1. The quantitative estimate of drug-likeness (QED) is 0.149. The number of aryl methyl sites for hydroxylation is 3. The number of hydrogen-bond acceptors (Lipinski definition) is 4. The maximum absolute atomic E-state index is 4.77. The van der Waals surface area contributed by atoms with E-state index in [0.717, 1.165) is 42.9 Å². The Balaban J connectivity index is 0.00000341. The second-order valence-electron chi connectivity index (χ2n) is 8.07. The molecule has 1 aliphatic rings. The van der Waals surface area contributed by atoms with E-state index in [9.17, 15) is 0 Å². The van der Waals surface area contributed by atoms with Crippen molar-refractivity contribution in [1.29, 1.82) is 0 Å². The average molecular weight is 557 g/mol. The molecule has 8 heteroatoms. The Morgan fingerprint density at radius 1 is 1.19 bits per heavy atom. The third-order valence-corrected chi connectivity index (χ3v) is 6.37. The predicted octanol–water partition coefficient (Wildman–Crippen LogP) is 5.04. The van der Waals surface area contributed by atoms with Gasteiger partial charge in [0.25, 0.3) is 0 Å². The van der Waals surface area contributed by atoms with Crippen LogP contribution in [0.1, 0.15) is 67.6 Å². The number of aromatic nitrogens is 3. The van der Waals surface area contributed by atoms with Crippen LogP contribution in [0.25, 0.3) is 0 Å². The third-order valence-electron chi connectivity index (χ3n) is 5.73. The summed E-state index contributed by atoms with van der Waals surface area (Å²) in [5.41, 5.74) is 3.86. The van der Waals surface area contributed by atoms with Crippen LogP contribution in [0, 0.1) is 13.8 Å². The summed E-state index contributed by atoms with van der Waals surface area (Å²) in [6.07, 6.45) is 9.19. The SMILES string of the molecule is CCNC(=NCc1ccc(C)cc1C)NCCCc1nnc(SC)n1C1CCCC1.I. The molecule has 172 valence electrons. The van der Waals surface area contributed by atoms with Gasteiger partial charge < -0.3 is 15.2 Å². The van der Waals surface area contributed by atoms with Gasteiger partial charge in [-0.15, -0.1) is 34.2 Å². The molecule has 0 radical (unpaired) electrons. The Bertz CT molecular complexity index is 845. The number of aliphatic imine (C=N–C) groups is 1. The van der Waals surface area contributed by atoms with Crippen LogP contribution < -0.4 is 10.6 Å². The number of nitrogens with one attached hydrogen (secondary N) is 2. The summed E-state index contributed by atoms with van der Waals surface area (Å²) in [7, 11) is 0. The van der Waals surface area contributed by atoms with Crippen molar-refractivity contribution in [2.24, 2.45) is 4.99 Å². The minimum absolute atomic E-state index is 0. The average Bonchev–Trinajstić information content (AvgIpc) is 3.39. The molecule has 1 heterocycles. The predicted molar refractivity (Wildman–Crippen MR) is 142 cm³/mol. The lowest BCUT2D eigenvalue weighted by Gasteiger charge is -2.16. The molecule has 0 bridgehead atoms. The molecule has 6 nitrogen and oxygen atoms in total. The van der Waals surface area contributed by atoms with Gasteiger partial charge in [0, 0.05) is 25.6 Å². The van der Waals surface area contributed by atoms with Crippen molar-refractivity contribution < 1.29 is 0 Å². The number of guanidine groups is 1. The van der Waals surface area contributed by atoms with E-state index in [4.69, 9.17) is 4.99 Å². The van der Waals surface area contributed by atoms with Gasteiger partial charge in [-0.2, -0.15) is 0 Å². The van der Waals surface area contributed by atoms with Gasteiger partial charge in [0.05, 0.1) is 6.54 Å². The summed E-state index contributed by atoms with van der Waals surface area (Å²) in [6.45, 7) is 8.79. The van der Waals surface area contributed by atoms with Crippen LogP contribution in [0.3, 0.4) is 0 Å². The number of halogens is 1. The normalized spacial score (nSPS) is 14.5. The molecule has 2 N–H and O–H groups in total. The first-order chi connectivity index (χ1) is 14.6.